The Kier molecular flexibility index (Phi) is 1.86. The predicted molar refractivity (Wildman–Crippen MR) is 45.0 cm³/mol. The van der Waals surface area contributed by atoms with Crippen LogP contribution in [0.2, 0.25) is 0 Å². The van der Waals surface area contributed by atoms with E-state index in [1.807, 2.05) is 0 Å². The summed E-state index contributed by atoms with van der Waals surface area (Å²) in [6.45, 7) is 0. The number of H-pyrrole nitrogens is 1. The number of hydrogen-bond donors (Lipinski definition) is 4. The fourth-order valence-corrected chi connectivity index (χ4v) is 0.854. The molecule has 8 nitrogen and oxygen atoms in total. The summed E-state index contributed by atoms with van der Waals surface area (Å²) in [4.78, 5) is 10.2. The monoisotopic (exact) mass is 194 g/mol. The number of anilines is 2. The average molecular weight is 194 g/mol. The minimum absolute atomic E-state index is 0.0158. The largest absolute Gasteiger partial charge is 0.479 e. The van der Waals surface area contributed by atoms with E-state index in [9.17, 15) is 0 Å². The van der Waals surface area contributed by atoms with E-state index in [0.717, 1.165) is 0 Å². The van der Waals surface area contributed by atoms with Gasteiger partial charge in [-0.1, -0.05) is 0 Å². The third-order valence-corrected chi connectivity index (χ3v) is 1.35. The molecule has 0 fully saturated rings. The van der Waals surface area contributed by atoms with Gasteiger partial charge in [0.25, 0.3) is 0 Å². The average Bonchev–Trinajstić information content (AvgIpc) is 2.54. The van der Waals surface area contributed by atoms with Crippen LogP contribution in [0.3, 0.4) is 0 Å². The van der Waals surface area contributed by atoms with Crippen molar-refractivity contribution in [2.75, 3.05) is 5.32 Å². The van der Waals surface area contributed by atoms with E-state index < -0.39 is 12.0 Å². The summed E-state index contributed by atoms with van der Waals surface area (Å²) >= 11 is 0. The first kappa shape index (κ1) is 8.23. The molecule has 72 valence electrons. The molecule has 2 aromatic heterocycles. The second-order valence-electron chi connectivity index (χ2n) is 2.34. The Balaban J connectivity index is 2.25. The van der Waals surface area contributed by atoms with Crippen LogP contribution in [-0.4, -0.2) is 35.4 Å². The summed E-state index contributed by atoms with van der Waals surface area (Å²) in [5.74, 6) is 0.483. The molecule has 14 heavy (non-hydrogen) atoms. The molecule has 8 heteroatoms. The highest BCUT2D eigenvalue weighted by Gasteiger charge is 2.04. The van der Waals surface area contributed by atoms with Crippen LogP contribution in [0.25, 0.3) is 0 Å². The maximum Gasteiger partial charge on any atom is 0.321 e. The number of aromatic nitrogens is 5. The van der Waals surface area contributed by atoms with Crippen molar-refractivity contribution in [3.63, 3.8) is 0 Å². The van der Waals surface area contributed by atoms with Gasteiger partial charge in [0.15, 0.2) is 5.82 Å². The fourth-order valence-electron chi connectivity index (χ4n) is 0.854. The zero-order valence-corrected chi connectivity index (χ0v) is 6.84. The van der Waals surface area contributed by atoms with Crippen LogP contribution in [0, 0.1) is 0 Å². The highest BCUT2D eigenvalue weighted by atomic mass is 16.3. The Morgan fingerprint density at radius 3 is 2.43 bits per heavy atom. The molecule has 0 bridgehead atoms. The third-order valence-electron chi connectivity index (χ3n) is 1.35. The Hall–Kier alpha value is -2.38. The molecule has 0 aromatic carbocycles. The second kappa shape index (κ2) is 3.17. The van der Waals surface area contributed by atoms with Gasteiger partial charge in [-0.05, 0) is 0 Å². The molecule has 0 spiro atoms. The molecule has 0 aliphatic carbocycles. The van der Waals surface area contributed by atoms with E-state index >= 15 is 0 Å². The number of nitrogens with one attached hydrogen (secondary N) is 2. The molecule has 0 unspecified atom stereocenters. The van der Waals surface area contributed by atoms with E-state index in [1.54, 1.807) is 12.3 Å². The van der Waals surface area contributed by atoms with E-state index in [-0.39, 0.29) is 5.95 Å². The molecule has 0 amide bonds. The summed E-state index contributed by atoms with van der Waals surface area (Å²) in [6, 6.07) is 0.517. The first-order valence-corrected chi connectivity index (χ1v) is 3.65. The van der Waals surface area contributed by atoms with Crippen LogP contribution in [0.5, 0.6) is 12.0 Å². The lowest BCUT2D eigenvalue weighted by molar-refractivity contribution is 0.384. The Bertz CT molecular complexity index is 408. The lowest BCUT2D eigenvalue weighted by Gasteiger charge is -2.00. The summed E-state index contributed by atoms with van der Waals surface area (Å²) in [5.41, 5.74) is 0. The summed E-state index contributed by atoms with van der Waals surface area (Å²) < 4.78 is 0. The highest BCUT2D eigenvalue weighted by Crippen LogP contribution is 2.13. The van der Waals surface area contributed by atoms with Crippen molar-refractivity contribution in [1.82, 2.24) is 25.1 Å². The third kappa shape index (κ3) is 1.68. The SMILES string of the molecule is Oc1nc(O)nc(Nc2cc[nH]n2)n1. The van der Waals surface area contributed by atoms with Crippen LogP contribution >= 0.6 is 0 Å². The predicted octanol–water partition coefficient (Wildman–Crippen LogP) is -0.251. The molecule has 2 aromatic rings. The molecule has 0 radical (unpaired) electrons. The molecule has 2 heterocycles. The Labute approximate surface area is 77.7 Å². The van der Waals surface area contributed by atoms with Crippen molar-refractivity contribution in [2.45, 2.75) is 0 Å². The minimum atomic E-state index is -0.560. The van der Waals surface area contributed by atoms with Gasteiger partial charge >= 0.3 is 12.0 Å². The minimum Gasteiger partial charge on any atom is -0.479 e. The van der Waals surface area contributed by atoms with Gasteiger partial charge in [0, 0.05) is 12.3 Å². The molecule has 0 aliphatic rings. The van der Waals surface area contributed by atoms with E-state index in [2.05, 4.69) is 30.5 Å². The Morgan fingerprint density at radius 2 is 1.86 bits per heavy atom. The van der Waals surface area contributed by atoms with Crippen LogP contribution in [0.4, 0.5) is 11.8 Å². The van der Waals surface area contributed by atoms with E-state index in [1.165, 1.54) is 0 Å². The fraction of sp³-hybridized carbons (Fsp3) is 0. The lowest BCUT2D eigenvalue weighted by atomic mass is 10.6. The smallest absolute Gasteiger partial charge is 0.321 e. The first-order chi connectivity index (χ1) is 6.74. The summed E-state index contributed by atoms with van der Waals surface area (Å²) in [5, 5.41) is 26.8. The van der Waals surface area contributed by atoms with Gasteiger partial charge in [-0.2, -0.15) is 15.1 Å². The van der Waals surface area contributed by atoms with Gasteiger partial charge in [0.05, 0.1) is 0 Å². The van der Waals surface area contributed by atoms with Crippen molar-refractivity contribution >= 4 is 11.8 Å². The molecule has 0 saturated carbocycles. The lowest BCUT2D eigenvalue weighted by Crippen LogP contribution is -1.98. The summed E-state index contributed by atoms with van der Waals surface area (Å²) in [6.07, 6.45) is 1.60. The normalized spacial score (nSPS) is 10.0. The maximum atomic E-state index is 8.93. The first-order valence-electron chi connectivity index (χ1n) is 3.65. The van der Waals surface area contributed by atoms with E-state index in [4.69, 9.17) is 10.2 Å². The second-order valence-corrected chi connectivity index (χ2v) is 2.34. The molecular weight excluding hydrogens is 188 g/mol. The van der Waals surface area contributed by atoms with Gasteiger partial charge < -0.3 is 15.5 Å². The Morgan fingerprint density at radius 1 is 1.14 bits per heavy atom. The molecule has 0 saturated heterocycles. The molecule has 0 atom stereocenters. The van der Waals surface area contributed by atoms with Crippen molar-refractivity contribution in [3.05, 3.63) is 12.3 Å². The standard InChI is InChI=1S/C6H6N6O2/c13-5-9-4(10-6(14)11-5)8-3-1-2-7-12-3/h1-2H,(H4,7,8,9,10,11,12,13,14). The van der Waals surface area contributed by atoms with Crippen molar-refractivity contribution in [3.8, 4) is 12.0 Å². The zero-order valence-electron chi connectivity index (χ0n) is 6.84. The summed E-state index contributed by atoms with van der Waals surface area (Å²) in [7, 11) is 0. The van der Waals surface area contributed by atoms with Crippen LogP contribution in [0.15, 0.2) is 12.3 Å². The van der Waals surface area contributed by atoms with E-state index in [0.29, 0.717) is 5.82 Å². The number of hydrogen-bond acceptors (Lipinski definition) is 7. The van der Waals surface area contributed by atoms with Crippen molar-refractivity contribution in [1.29, 1.82) is 0 Å². The molecule has 4 N–H and O–H groups in total. The highest BCUT2D eigenvalue weighted by molar-refractivity contribution is 5.46. The van der Waals surface area contributed by atoms with Crippen LogP contribution in [0.1, 0.15) is 0 Å². The number of nitrogens with zero attached hydrogens (tertiary/aromatic N) is 4. The number of aromatic amines is 1. The molecular formula is C6H6N6O2. The van der Waals surface area contributed by atoms with Crippen molar-refractivity contribution in [2.24, 2.45) is 0 Å². The van der Waals surface area contributed by atoms with Crippen LogP contribution < -0.4 is 5.32 Å². The number of rotatable bonds is 2. The van der Waals surface area contributed by atoms with Gasteiger partial charge in [0.2, 0.25) is 5.95 Å². The van der Waals surface area contributed by atoms with Gasteiger partial charge in [-0.3, -0.25) is 5.10 Å². The zero-order chi connectivity index (χ0) is 9.97. The maximum absolute atomic E-state index is 8.93. The number of aromatic hydroxyl groups is 2. The topological polar surface area (TPSA) is 120 Å². The van der Waals surface area contributed by atoms with Gasteiger partial charge in [-0.15, -0.1) is 4.98 Å². The van der Waals surface area contributed by atoms with Gasteiger partial charge in [-0.25, -0.2) is 0 Å². The van der Waals surface area contributed by atoms with Crippen LogP contribution in [-0.2, 0) is 0 Å². The molecule has 0 aliphatic heterocycles. The van der Waals surface area contributed by atoms with Gasteiger partial charge in [0.1, 0.15) is 0 Å². The van der Waals surface area contributed by atoms with Crippen molar-refractivity contribution < 1.29 is 10.2 Å². The molecule has 2 rings (SSSR count). The quantitative estimate of drug-likeness (QED) is 0.520.